The molecule has 1 unspecified atom stereocenters. The van der Waals surface area contributed by atoms with E-state index in [4.69, 9.17) is 14.2 Å². The molecular weight excluding hydrogens is 332 g/mol. The Bertz CT molecular complexity index is 641. The van der Waals surface area contributed by atoms with Gasteiger partial charge in [-0.15, -0.1) is 0 Å². The zero-order valence-corrected chi connectivity index (χ0v) is 17.3. The molecular formula is C21H32O5. The summed E-state index contributed by atoms with van der Waals surface area (Å²) < 4.78 is 15.7. The molecule has 26 heavy (non-hydrogen) atoms. The summed E-state index contributed by atoms with van der Waals surface area (Å²) in [5.41, 5.74) is 2.40. The van der Waals surface area contributed by atoms with E-state index in [1.54, 1.807) is 13.8 Å². The van der Waals surface area contributed by atoms with Crippen LogP contribution in [-0.4, -0.2) is 25.3 Å². The molecule has 0 aliphatic rings. The van der Waals surface area contributed by atoms with Crippen molar-refractivity contribution in [2.75, 3.05) is 13.2 Å². The number of hydrogen-bond acceptors (Lipinski definition) is 5. The lowest BCUT2D eigenvalue weighted by Crippen LogP contribution is -2.24. The zero-order chi connectivity index (χ0) is 20.1. The Balaban J connectivity index is 3.57. The Morgan fingerprint density at radius 1 is 1.04 bits per heavy atom. The van der Waals surface area contributed by atoms with Gasteiger partial charge < -0.3 is 14.2 Å². The molecule has 1 aromatic carbocycles. The maximum Gasteiger partial charge on any atom is 0.513 e. The summed E-state index contributed by atoms with van der Waals surface area (Å²) in [7, 11) is 0. The Kier molecular flexibility index (Phi) is 7.67. The molecule has 146 valence electrons. The van der Waals surface area contributed by atoms with Gasteiger partial charge in [-0.25, -0.2) is 4.79 Å². The van der Waals surface area contributed by atoms with E-state index in [9.17, 15) is 9.59 Å². The number of ether oxygens (including phenoxy) is 3. The molecule has 0 N–H and O–H groups in total. The summed E-state index contributed by atoms with van der Waals surface area (Å²) >= 11 is 0. The van der Waals surface area contributed by atoms with Gasteiger partial charge in [-0.2, -0.15) is 0 Å². The molecule has 5 heteroatoms. The van der Waals surface area contributed by atoms with Gasteiger partial charge in [0.25, 0.3) is 0 Å². The van der Waals surface area contributed by atoms with Crippen molar-refractivity contribution in [3.8, 4) is 5.75 Å². The number of carbonyl (C=O) groups excluding carboxylic acids is 2. The predicted molar refractivity (Wildman–Crippen MR) is 102 cm³/mol. The molecule has 0 fully saturated rings. The van der Waals surface area contributed by atoms with Gasteiger partial charge in [-0.1, -0.05) is 46.8 Å². The summed E-state index contributed by atoms with van der Waals surface area (Å²) in [5, 5.41) is 0. The summed E-state index contributed by atoms with van der Waals surface area (Å²) in [4.78, 5) is 24.6. The monoisotopic (exact) mass is 364 g/mol. The lowest BCUT2D eigenvalue weighted by molar-refractivity contribution is -0.146. The minimum atomic E-state index is -0.772. The number of carbonyl (C=O) groups is 2. The van der Waals surface area contributed by atoms with Crippen LogP contribution in [0.5, 0.6) is 5.75 Å². The number of esters is 1. The van der Waals surface area contributed by atoms with E-state index in [2.05, 4.69) is 20.8 Å². The van der Waals surface area contributed by atoms with Crippen LogP contribution in [0.3, 0.4) is 0 Å². The molecule has 0 spiro atoms. The van der Waals surface area contributed by atoms with E-state index in [0.29, 0.717) is 17.9 Å². The van der Waals surface area contributed by atoms with Crippen LogP contribution < -0.4 is 4.74 Å². The van der Waals surface area contributed by atoms with Crippen LogP contribution in [0.25, 0.3) is 0 Å². The first kappa shape index (κ1) is 22.0. The van der Waals surface area contributed by atoms with E-state index in [-0.39, 0.29) is 23.9 Å². The second-order valence-corrected chi connectivity index (χ2v) is 7.72. The predicted octanol–water partition coefficient (Wildman–Crippen LogP) is 5.13. The van der Waals surface area contributed by atoms with Crippen molar-refractivity contribution < 1.29 is 23.8 Å². The third kappa shape index (κ3) is 5.48. The summed E-state index contributed by atoms with van der Waals surface area (Å²) in [6.07, 6.45) is -0.772. The minimum Gasteiger partial charge on any atom is -0.466 e. The maximum absolute atomic E-state index is 12.6. The van der Waals surface area contributed by atoms with Crippen LogP contribution in [0.15, 0.2) is 12.1 Å². The van der Waals surface area contributed by atoms with E-state index in [1.807, 2.05) is 32.9 Å². The van der Waals surface area contributed by atoms with Crippen molar-refractivity contribution >= 4 is 12.1 Å². The molecule has 1 atom stereocenters. The first-order valence-electron chi connectivity index (χ1n) is 9.19. The van der Waals surface area contributed by atoms with Gasteiger partial charge in [0.2, 0.25) is 0 Å². The Morgan fingerprint density at radius 2 is 1.62 bits per heavy atom. The minimum absolute atomic E-state index is 0.0202. The Labute approximate surface area is 157 Å². The highest BCUT2D eigenvalue weighted by molar-refractivity contribution is 5.80. The lowest BCUT2D eigenvalue weighted by atomic mass is 9.80. The molecule has 0 saturated carbocycles. The van der Waals surface area contributed by atoms with Crippen LogP contribution >= 0.6 is 0 Å². The number of aryl methyl sites for hydroxylation is 1. The van der Waals surface area contributed by atoms with Crippen molar-refractivity contribution in [3.05, 3.63) is 28.8 Å². The highest BCUT2D eigenvalue weighted by Gasteiger charge is 2.32. The third-order valence-electron chi connectivity index (χ3n) is 4.16. The fraction of sp³-hybridized carbons (Fsp3) is 0.619. The second kappa shape index (κ2) is 9.06. The molecule has 0 saturated heterocycles. The lowest BCUT2D eigenvalue weighted by Gasteiger charge is -2.27. The molecule has 0 bridgehead atoms. The number of benzene rings is 1. The van der Waals surface area contributed by atoms with Crippen LogP contribution in [0.1, 0.15) is 71.1 Å². The summed E-state index contributed by atoms with van der Waals surface area (Å²) in [5.74, 6) is -0.488. The average Bonchev–Trinajstić information content (AvgIpc) is 2.49. The molecule has 0 heterocycles. The maximum atomic E-state index is 12.6. The Morgan fingerprint density at radius 3 is 2.08 bits per heavy atom. The number of rotatable bonds is 6. The van der Waals surface area contributed by atoms with Crippen molar-refractivity contribution in [1.82, 2.24) is 0 Å². The standard InChI is InChI=1S/C21H32O5/c1-9-24-19(22)17(13(3)4)16-12-15(21(6,7)8)11-14(5)18(16)26-20(23)25-10-2/h11-13,17H,9-10H2,1-8H3. The Hall–Kier alpha value is -2.04. The molecule has 1 rings (SSSR count). The van der Waals surface area contributed by atoms with Crippen molar-refractivity contribution in [3.63, 3.8) is 0 Å². The van der Waals surface area contributed by atoms with Gasteiger partial charge in [0.1, 0.15) is 5.75 Å². The molecule has 0 radical (unpaired) electrons. The van der Waals surface area contributed by atoms with Crippen LogP contribution in [-0.2, 0) is 19.7 Å². The zero-order valence-electron chi connectivity index (χ0n) is 17.3. The fourth-order valence-electron chi connectivity index (χ4n) is 2.83. The van der Waals surface area contributed by atoms with Gasteiger partial charge in [0, 0.05) is 5.56 Å². The fourth-order valence-corrected chi connectivity index (χ4v) is 2.83. The number of hydrogen-bond donors (Lipinski definition) is 0. The molecule has 1 aromatic rings. The van der Waals surface area contributed by atoms with E-state index in [0.717, 1.165) is 11.1 Å². The van der Waals surface area contributed by atoms with Crippen LogP contribution in [0.2, 0.25) is 0 Å². The molecule has 0 aromatic heterocycles. The van der Waals surface area contributed by atoms with Gasteiger partial charge in [-0.3, -0.25) is 4.79 Å². The van der Waals surface area contributed by atoms with Gasteiger partial charge in [-0.05, 0) is 43.2 Å². The van der Waals surface area contributed by atoms with Crippen LogP contribution in [0.4, 0.5) is 4.79 Å². The smallest absolute Gasteiger partial charge is 0.466 e. The average molecular weight is 364 g/mol. The normalized spacial score (nSPS) is 12.7. The van der Waals surface area contributed by atoms with E-state index >= 15 is 0 Å². The molecule has 5 nitrogen and oxygen atoms in total. The van der Waals surface area contributed by atoms with Crippen molar-refractivity contribution in [1.29, 1.82) is 0 Å². The first-order chi connectivity index (χ1) is 12.0. The van der Waals surface area contributed by atoms with Crippen molar-refractivity contribution in [2.45, 2.75) is 66.7 Å². The summed E-state index contributed by atoms with van der Waals surface area (Å²) in [6.45, 7) is 16.1. The highest BCUT2D eigenvalue weighted by atomic mass is 16.7. The van der Waals surface area contributed by atoms with Gasteiger partial charge in [0.05, 0.1) is 19.1 Å². The van der Waals surface area contributed by atoms with Crippen molar-refractivity contribution in [2.24, 2.45) is 5.92 Å². The quantitative estimate of drug-likeness (QED) is 0.517. The summed E-state index contributed by atoms with van der Waals surface area (Å²) in [6, 6.07) is 3.93. The van der Waals surface area contributed by atoms with Gasteiger partial charge in [0.15, 0.2) is 0 Å². The second-order valence-electron chi connectivity index (χ2n) is 7.72. The SMILES string of the molecule is CCOC(=O)Oc1c(C)cc(C(C)(C)C)cc1C(C(=O)OCC)C(C)C. The highest BCUT2D eigenvalue weighted by Crippen LogP contribution is 2.39. The topological polar surface area (TPSA) is 61.8 Å². The third-order valence-corrected chi connectivity index (χ3v) is 4.16. The largest absolute Gasteiger partial charge is 0.513 e. The molecule has 0 amide bonds. The molecule has 0 aliphatic carbocycles. The van der Waals surface area contributed by atoms with E-state index in [1.165, 1.54) is 0 Å². The van der Waals surface area contributed by atoms with Gasteiger partial charge >= 0.3 is 12.1 Å². The molecule has 0 aliphatic heterocycles. The van der Waals surface area contributed by atoms with E-state index < -0.39 is 12.1 Å². The first-order valence-corrected chi connectivity index (χ1v) is 9.19. The van der Waals surface area contributed by atoms with Crippen LogP contribution in [0, 0.1) is 12.8 Å².